The smallest absolute Gasteiger partial charge is 0.267 e. The summed E-state index contributed by atoms with van der Waals surface area (Å²) in [6.07, 6.45) is 5.53. The maximum absolute atomic E-state index is 12.0. The van der Waals surface area contributed by atoms with Crippen molar-refractivity contribution >= 4 is 35.3 Å². The van der Waals surface area contributed by atoms with Crippen molar-refractivity contribution in [3.8, 4) is 0 Å². The zero-order valence-corrected chi connectivity index (χ0v) is 14.7. The van der Waals surface area contributed by atoms with Crippen molar-refractivity contribution in [3.05, 3.63) is 59.0 Å². The molecule has 2 aromatic rings. The molecule has 9 heteroatoms. The Kier molecular flexibility index (Phi) is 7.07. The van der Waals surface area contributed by atoms with Crippen LogP contribution in [-0.4, -0.2) is 39.6 Å². The predicted molar refractivity (Wildman–Crippen MR) is 97.9 cm³/mol. The van der Waals surface area contributed by atoms with E-state index in [-0.39, 0.29) is 11.9 Å². The number of hydroxylamine groups is 1. The van der Waals surface area contributed by atoms with E-state index in [0.29, 0.717) is 28.6 Å². The molecule has 0 fully saturated rings. The molecule has 1 heterocycles. The van der Waals surface area contributed by atoms with Crippen LogP contribution in [0, 0.1) is 0 Å². The average molecular weight is 376 g/mol. The molecular formula is C17H18ClN5O3. The molecule has 0 aliphatic heterocycles. The summed E-state index contributed by atoms with van der Waals surface area (Å²) in [5.41, 5.74) is 2.48. The fourth-order valence-corrected chi connectivity index (χ4v) is 2.08. The highest BCUT2D eigenvalue weighted by Crippen LogP contribution is 2.09. The lowest BCUT2D eigenvalue weighted by Crippen LogP contribution is -2.34. The Hall–Kier alpha value is -2.97. The van der Waals surface area contributed by atoms with Crippen LogP contribution in [0.1, 0.15) is 23.0 Å². The summed E-state index contributed by atoms with van der Waals surface area (Å²) in [5.74, 6) is -0.315. The van der Waals surface area contributed by atoms with E-state index in [1.165, 1.54) is 23.9 Å². The molecule has 1 aromatic heterocycles. The minimum Gasteiger partial charge on any atom is -0.365 e. The van der Waals surface area contributed by atoms with E-state index in [0.717, 1.165) is 6.08 Å². The van der Waals surface area contributed by atoms with Crippen LogP contribution in [0.25, 0.3) is 6.08 Å². The van der Waals surface area contributed by atoms with Gasteiger partial charge in [0.25, 0.3) is 11.8 Å². The van der Waals surface area contributed by atoms with Crippen LogP contribution in [0.3, 0.4) is 0 Å². The van der Waals surface area contributed by atoms with Crippen LogP contribution in [0.15, 0.2) is 42.7 Å². The van der Waals surface area contributed by atoms with Crippen molar-refractivity contribution in [1.82, 2.24) is 20.8 Å². The SMILES string of the molecule is C[C@H](CNC(=O)c1ccc(Cl)cc1)Nc1cnc(C=CC(=O)NO)cn1. The highest BCUT2D eigenvalue weighted by atomic mass is 35.5. The monoisotopic (exact) mass is 375 g/mol. The summed E-state index contributed by atoms with van der Waals surface area (Å²) in [6, 6.07) is 6.55. The molecule has 2 rings (SSSR count). The third-order valence-electron chi connectivity index (χ3n) is 3.26. The van der Waals surface area contributed by atoms with Crippen LogP contribution >= 0.6 is 11.6 Å². The van der Waals surface area contributed by atoms with Crippen molar-refractivity contribution in [2.75, 3.05) is 11.9 Å². The second kappa shape index (κ2) is 9.50. The molecule has 0 radical (unpaired) electrons. The quantitative estimate of drug-likeness (QED) is 0.333. The predicted octanol–water partition coefficient (Wildman–Crippen LogP) is 1.88. The van der Waals surface area contributed by atoms with Gasteiger partial charge in [-0.15, -0.1) is 0 Å². The molecular weight excluding hydrogens is 358 g/mol. The summed E-state index contributed by atoms with van der Waals surface area (Å²) in [4.78, 5) is 31.2. The number of nitrogens with zero attached hydrogens (tertiary/aromatic N) is 2. The first-order valence-electron chi connectivity index (χ1n) is 7.72. The molecule has 136 valence electrons. The van der Waals surface area contributed by atoms with Gasteiger partial charge in [-0.1, -0.05) is 11.6 Å². The normalized spacial score (nSPS) is 11.8. The zero-order chi connectivity index (χ0) is 18.9. The van der Waals surface area contributed by atoms with Crippen LogP contribution in [0.2, 0.25) is 5.02 Å². The van der Waals surface area contributed by atoms with Crippen LogP contribution < -0.4 is 16.1 Å². The standard InChI is InChI=1S/C17H18ClN5O3/c1-11(8-21-17(25)12-2-4-13(18)5-3-12)22-15-10-19-14(9-20-15)6-7-16(24)23-26/h2-7,9-11,26H,8H2,1H3,(H,20,22)(H,21,25)(H,23,24)/t11-/m1/s1. The largest absolute Gasteiger partial charge is 0.365 e. The van der Waals surface area contributed by atoms with E-state index >= 15 is 0 Å². The van der Waals surface area contributed by atoms with E-state index in [2.05, 4.69) is 20.6 Å². The number of anilines is 1. The van der Waals surface area contributed by atoms with Crippen molar-refractivity contribution in [3.63, 3.8) is 0 Å². The Morgan fingerprint density at radius 2 is 1.96 bits per heavy atom. The number of aromatic nitrogens is 2. The van der Waals surface area contributed by atoms with Crippen LogP contribution in [0.4, 0.5) is 5.82 Å². The number of amides is 2. The lowest BCUT2D eigenvalue weighted by atomic mass is 10.2. The summed E-state index contributed by atoms with van der Waals surface area (Å²) in [7, 11) is 0. The van der Waals surface area contributed by atoms with E-state index in [1.807, 2.05) is 6.92 Å². The van der Waals surface area contributed by atoms with Gasteiger partial charge in [0, 0.05) is 29.2 Å². The Morgan fingerprint density at radius 1 is 1.23 bits per heavy atom. The average Bonchev–Trinajstić information content (AvgIpc) is 2.65. The van der Waals surface area contributed by atoms with Gasteiger partial charge in [0.15, 0.2) is 0 Å². The molecule has 0 saturated heterocycles. The molecule has 8 nitrogen and oxygen atoms in total. The lowest BCUT2D eigenvalue weighted by Gasteiger charge is -2.15. The molecule has 0 spiro atoms. The van der Waals surface area contributed by atoms with Gasteiger partial charge < -0.3 is 10.6 Å². The van der Waals surface area contributed by atoms with Crippen molar-refractivity contribution in [2.24, 2.45) is 0 Å². The number of rotatable bonds is 7. The van der Waals surface area contributed by atoms with E-state index in [9.17, 15) is 9.59 Å². The highest BCUT2D eigenvalue weighted by molar-refractivity contribution is 6.30. The van der Waals surface area contributed by atoms with Gasteiger partial charge in [-0.3, -0.25) is 19.8 Å². The number of hydrogen-bond acceptors (Lipinski definition) is 6. The van der Waals surface area contributed by atoms with Gasteiger partial charge in [-0.2, -0.15) is 0 Å². The summed E-state index contributed by atoms with van der Waals surface area (Å²) in [5, 5.41) is 14.9. The molecule has 4 N–H and O–H groups in total. The lowest BCUT2D eigenvalue weighted by molar-refractivity contribution is -0.124. The van der Waals surface area contributed by atoms with E-state index in [4.69, 9.17) is 16.8 Å². The molecule has 0 aliphatic rings. The Balaban J connectivity index is 1.82. The van der Waals surface area contributed by atoms with Gasteiger partial charge >= 0.3 is 0 Å². The first kappa shape index (κ1) is 19.4. The Morgan fingerprint density at radius 3 is 2.58 bits per heavy atom. The maximum atomic E-state index is 12.0. The van der Waals surface area contributed by atoms with Crippen molar-refractivity contribution in [2.45, 2.75) is 13.0 Å². The number of hydrogen-bond donors (Lipinski definition) is 4. The van der Waals surface area contributed by atoms with Crippen molar-refractivity contribution < 1.29 is 14.8 Å². The Labute approximate surface area is 155 Å². The number of nitrogens with one attached hydrogen (secondary N) is 3. The molecule has 0 bridgehead atoms. The number of carbonyl (C=O) groups excluding carboxylic acids is 2. The molecule has 2 amide bonds. The third-order valence-corrected chi connectivity index (χ3v) is 3.51. The van der Waals surface area contributed by atoms with Gasteiger partial charge in [-0.05, 0) is 37.3 Å². The van der Waals surface area contributed by atoms with Gasteiger partial charge in [0.05, 0.1) is 18.1 Å². The minimum atomic E-state index is -0.654. The van der Waals surface area contributed by atoms with Gasteiger partial charge in [0.1, 0.15) is 5.82 Å². The fraction of sp³-hybridized carbons (Fsp3) is 0.176. The summed E-state index contributed by atoms with van der Waals surface area (Å²) >= 11 is 5.80. The first-order chi connectivity index (χ1) is 12.5. The molecule has 1 aromatic carbocycles. The van der Waals surface area contributed by atoms with Crippen LogP contribution in [0.5, 0.6) is 0 Å². The number of benzene rings is 1. The summed E-state index contributed by atoms with van der Waals surface area (Å²) < 4.78 is 0. The molecule has 26 heavy (non-hydrogen) atoms. The molecule has 0 unspecified atom stereocenters. The number of halogens is 1. The minimum absolute atomic E-state index is 0.0814. The van der Waals surface area contributed by atoms with Gasteiger partial charge in [-0.25, -0.2) is 10.5 Å². The highest BCUT2D eigenvalue weighted by Gasteiger charge is 2.08. The summed E-state index contributed by atoms with van der Waals surface area (Å²) in [6.45, 7) is 2.28. The van der Waals surface area contributed by atoms with E-state index in [1.54, 1.807) is 24.3 Å². The van der Waals surface area contributed by atoms with Crippen molar-refractivity contribution in [1.29, 1.82) is 0 Å². The fourth-order valence-electron chi connectivity index (χ4n) is 1.95. The second-order valence-corrected chi connectivity index (χ2v) is 5.83. The molecule has 0 saturated carbocycles. The second-order valence-electron chi connectivity index (χ2n) is 5.40. The maximum Gasteiger partial charge on any atom is 0.267 e. The first-order valence-corrected chi connectivity index (χ1v) is 8.10. The van der Waals surface area contributed by atoms with E-state index < -0.39 is 5.91 Å². The van der Waals surface area contributed by atoms with Gasteiger partial charge in [0.2, 0.25) is 0 Å². The van der Waals surface area contributed by atoms with Crippen LogP contribution in [-0.2, 0) is 4.79 Å². The number of carbonyl (C=O) groups is 2. The molecule has 1 atom stereocenters. The molecule has 0 aliphatic carbocycles. The topological polar surface area (TPSA) is 116 Å². The third kappa shape index (κ3) is 6.15. The zero-order valence-electron chi connectivity index (χ0n) is 13.9. The Bertz CT molecular complexity index is 778.